The predicted octanol–water partition coefficient (Wildman–Crippen LogP) is 4.88. The van der Waals surface area contributed by atoms with Crippen molar-refractivity contribution in [3.63, 3.8) is 0 Å². The third-order valence-electron chi connectivity index (χ3n) is 2.72. The number of hydrogen-bond donors (Lipinski definition) is 0. The van der Waals surface area contributed by atoms with Crippen LogP contribution in [0.5, 0.6) is 11.5 Å². The number of methoxy groups -OCH3 is 2. The van der Waals surface area contributed by atoms with Crippen LogP contribution in [-0.4, -0.2) is 26.6 Å². The molecule has 0 spiro atoms. The number of halogens is 7. The van der Waals surface area contributed by atoms with Crippen LogP contribution in [0.1, 0.15) is 10.4 Å². The zero-order chi connectivity index (χ0) is 16.4. The fraction of sp³-hybridized carbons (Fsp3) is 0.500. The Hall–Kier alpha value is -1.12. The monoisotopic (exact) mass is 380 g/mol. The first-order valence-corrected chi connectivity index (χ1v) is 6.43. The summed E-state index contributed by atoms with van der Waals surface area (Å²) in [5.74, 6) is -3.28. The predicted molar refractivity (Wildman–Crippen MR) is 66.8 cm³/mol. The molecule has 1 aromatic carbocycles. The lowest BCUT2D eigenvalue weighted by Gasteiger charge is -2.27. The summed E-state index contributed by atoms with van der Waals surface area (Å²) in [4.78, 5) is -1.99. The van der Waals surface area contributed by atoms with Gasteiger partial charge in [0.1, 0.15) is 0 Å². The molecule has 120 valence electrons. The fourth-order valence-electron chi connectivity index (χ4n) is 1.73. The van der Waals surface area contributed by atoms with Crippen molar-refractivity contribution in [3.05, 3.63) is 23.8 Å². The highest BCUT2D eigenvalue weighted by atomic mass is 79.9. The molecule has 1 unspecified atom stereocenters. The summed E-state index contributed by atoms with van der Waals surface area (Å²) >= 11 is 2.50. The molecule has 0 aliphatic carbocycles. The van der Waals surface area contributed by atoms with Gasteiger partial charge in [0.05, 0.1) is 19.0 Å². The minimum atomic E-state index is -5.43. The van der Waals surface area contributed by atoms with Crippen molar-refractivity contribution in [3.8, 4) is 11.5 Å². The molecule has 0 aliphatic rings. The molecule has 0 saturated carbocycles. The molecule has 2 nitrogen and oxygen atoms in total. The molecule has 21 heavy (non-hydrogen) atoms. The van der Waals surface area contributed by atoms with Crippen LogP contribution in [0.25, 0.3) is 0 Å². The van der Waals surface area contributed by atoms with E-state index < -0.39 is 23.1 Å². The van der Waals surface area contributed by atoms with Gasteiger partial charge >= 0.3 is 12.4 Å². The lowest BCUT2D eigenvalue weighted by atomic mass is 9.97. The zero-order valence-electron chi connectivity index (χ0n) is 10.8. The Labute approximate surface area is 125 Å². The van der Waals surface area contributed by atoms with Crippen LogP contribution in [0.15, 0.2) is 18.2 Å². The van der Waals surface area contributed by atoms with E-state index >= 15 is 0 Å². The van der Waals surface area contributed by atoms with E-state index in [1.165, 1.54) is 20.3 Å². The van der Waals surface area contributed by atoms with E-state index in [4.69, 9.17) is 9.47 Å². The van der Waals surface area contributed by atoms with Crippen LogP contribution in [0, 0.1) is 5.92 Å². The summed E-state index contributed by atoms with van der Waals surface area (Å²) in [6, 6.07) is 3.43. The molecular weight excluding hydrogens is 370 g/mol. The summed E-state index contributed by atoms with van der Waals surface area (Å²) < 4.78 is 85.8. The molecule has 0 bridgehead atoms. The van der Waals surface area contributed by atoms with Gasteiger partial charge in [0.2, 0.25) is 0 Å². The maximum atomic E-state index is 12.7. The standard InChI is InChI=1S/C12H11BrF6O2/c1-20-7-4-3-6(5-8(7)21-2)9(13)10(11(14,15)16)12(17,18)19/h3-5,9-10H,1-2H3. The molecule has 9 heteroatoms. The number of alkyl halides is 7. The van der Waals surface area contributed by atoms with Gasteiger partial charge in [0.25, 0.3) is 0 Å². The summed E-state index contributed by atoms with van der Waals surface area (Å²) in [6.07, 6.45) is -10.9. The summed E-state index contributed by atoms with van der Waals surface area (Å²) in [6.45, 7) is 0. The molecule has 0 fully saturated rings. The molecule has 0 aliphatic heterocycles. The average molecular weight is 381 g/mol. The second-order valence-corrected chi connectivity index (χ2v) is 5.06. The Morgan fingerprint density at radius 1 is 0.905 bits per heavy atom. The van der Waals surface area contributed by atoms with Crippen molar-refractivity contribution in [2.45, 2.75) is 17.2 Å². The third-order valence-corrected chi connectivity index (χ3v) is 3.78. The Morgan fingerprint density at radius 3 is 1.76 bits per heavy atom. The van der Waals surface area contributed by atoms with Gasteiger partial charge in [0, 0.05) is 0 Å². The van der Waals surface area contributed by atoms with E-state index in [0.717, 1.165) is 12.1 Å². The molecule has 0 saturated heterocycles. The fourth-order valence-corrected chi connectivity index (χ4v) is 2.62. The van der Waals surface area contributed by atoms with E-state index in [0.29, 0.717) is 0 Å². The molecule has 0 radical (unpaired) electrons. The Kier molecular flexibility index (Phi) is 5.40. The lowest BCUT2D eigenvalue weighted by molar-refractivity contribution is -0.283. The first-order chi connectivity index (χ1) is 9.52. The van der Waals surface area contributed by atoms with E-state index in [1.807, 2.05) is 0 Å². The van der Waals surface area contributed by atoms with Crippen LogP contribution in [0.2, 0.25) is 0 Å². The van der Waals surface area contributed by atoms with E-state index in [9.17, 15) is 26.3 Å². The third kappa shape index (κ3) is 4.18. The molecule has 1 aromatic rings. The maximum Gasteiger partial charge on any atom is 0.401 e. The highest BCUT2D eigenvalue weighted by Crippen LogP contribution is 2.50. The molecule has 1 rings (SSSR count). The van der Waals surface area contributed by atoms with Gasteiger partial charge in [-0.2, -0.15) is 26.3 Å². The molecule has 1 atom stereocenters. The van der Waals surface area contributed by atoms with Crippen molar-refractivity contribution < 1.29 is 35.8 Å². The summed E-state index contributed by atoms with van der Waals surface area (Å²) in [5.41, 5.74) is -0.215. The minimum absolute atomic E-state index is 0.0440. The van der Waals surface area contributed by atoms with Crippen LogP contribution >= 0.6 is 15.9 Å². The number of ether oxygens (including phenoxy) is 2. The molecule has 0 N–H and O–H groups in total. The molecule has 0 heterocycles. The minimum Gasteiger partial charge on any atom is -0.493 e. The molecule has 0 amide bonds. The highest BCUT2D eigenvalue weighted by molar-refractivity contribution is 9.09. The van der Waals surface area contributed by atoms with Crippen molar-refractivity contribution in [2.75, 3.05) is 14.2 Å². The Bertz CT molecular complexity index is 472. The van der Waals surface area contributed by atoms with Gasteiger partial charge in [-0.05, 0) is 17.7 Å². The second-order valence-electron chi connectivity index (χ2n) is 4.08. The van der Waals surface area contributed by atoms with Crippen LogP contribution in [0.4, 0.5) is 26.3 Å². The lowest BCUT2D eigenvalue weighted by Crippen LogP contribution is -2.39. The largest absolute Gasteiger partial charge is 0.493 e. The van der Waals surface area contributed by atoms with E-state index in [2.05, 4.69) is 15.9 Å². The number of hydrogen-bond acceptors (Lipinski definition) is 2. The summed E-state index contributed by atoms with van der Waals surface area (Å²) in [7, 11) is 2.53. The Balaban J connectivity index is 3.25. The van der Waals surface area contributed by atoms with Crippen LogP contribution in [-0.2, 0) is 0 Å². The Morgan fingerprint density at radius 2 is 1.38 bits per heavy atom. The van der Waals surface area contributed by atoms with Crippen LogP contribution < -0.4 is 9.47 Å². The zero-order valence-corrected chi connectivity index (χ0v) is 12.4. The highest BCUT2D eigenvalue weighted by Gasteiger charge is 2.60. The first-order valence-electron chi connectivity index (χ1n) is 5.51. The van der Waals surface area contributed by atoms with E-state index in [-0.39, 0.29) is 17.1 Å². The van der Waals surface area contributed by atoms with Crippen molar-refractivity contribution >= 4 is 15.9 Å². The smallest absolute Gasteiger partial charge is 0.401 e. The number of rotatable bonds is 4. The van der Waals surface area contributed by atoms with Crippen molar-refractivity contribution in [2.24, 2.45) is 5.92 Å². The van der Waals surface area contributed by atoms with Crippen molar-refractivity contribution in [1.82, 2.24) is 0 Å². The average Bonchev–Trinajstić information content (AvgIpc) is 2.34. The first kappa shape index (κ1) is 17.9. The molecular formula is C12H11BrF6O2. The topological polar surface area (TPSA) is 18.5 Å². The van der Waals surface area contributed by atoms with Gasteiger partial charge in [-0.3, -0.25) is 0 Å². The maximum absolute atomic E-state index is 12.7. The number of benzene rings is 1. The SMILES string of the molecule is COc1ccc(C(Br)C(C(F)(F)F)C(F)(F)F)cc1OC. The van der Waals surface area contributed by atoms with Gasteiger partial charge in [0.15, 0.2) is 17.4 Å². The normalized spacial score (nSPS) is 14.2. The summed E-state index contributed by atoms with van der Waals surface area (Å²) in [5, 5.41) is 0. The van der Waals surface area contributed by atoms with Gasteiger partial charge in [-0.25, -0.2) is 0 Å². The van der Waals surface area contributed by atoms with Crippen LogP contribution in [0.3, 0.4) is 0 Å². The van der Waals surface area contributed by atoms with Crippen molar-refractivity contribution in [1.29, 1.82) is 0 Å². The van der Waals surface area contributed by atoms with E-state index in [1.54, 1.807) is 0 Å². The second kappa shape index (κ2) is 6.33. The van der Waals surface area contributed by atoms with Gasteiger partial charge < -0.3 is 9.47 Å². The van der Waals surface area contributed by atoms with Gasteiger partial charge in [-0.1, -0.05) is 22.0 Å². The quantitative estimate of drug-likeness (QED) is 0.547. The molecule has 0 aromatic heterocycles. The van der Waals surface area contributed by atoms with Gasteiger partial charge in [-0.15, -0.1) is 0 Å².